The van der Waals surface area contributed by atoms with Gasteiger partial charge in [-0.1, -0.05) is 30.3 Å². The second-order valence-corrected chi connectivity index (χ2v) is 5.37. The molecule has 0 heterocycles. The molecule has 0 saturated heterocycles. The number of hydrogen-bond donors (Lipinski definition) is 1. The maximum atomic E-state index is 12.3. The van der Waals surface area contributed by atoms with Crippen LogP contribution < -0.4 is 0 Å². The first-order chi connectivity index (χ1) is 11.5. The molecule has 0 spiro atoms. The van der Waals surface area contributed by atoms with Gasteiger partial charge in [0, 0.05) is 12.0 Å². The molecule has 1 aromatic carbocycles. The van der Waals surface area contributed by atoms with Gasteiger partial charge in [0.1, 0.15) is 17.6 Å². The zero-order valence-electron chi connectivity index (χ0n) is 13.6. The molecule has 0 radical (unpaired) electrons. The highest BCUT2D eigenvalue weighted by molar-refractivity contribution is 6.08. The van der Waals surface area contributed by atoms with Crippen LogP contribution in [0.15, 0.2) is 42.2 Å². The fourth-order valence-corrected chi connectivity index (χ4v) is 2.93. The van der Waals surface area contributed by atoms with Crippen molar-refractivity contribution in [1.29, 1.82) is 0 Å². The number of ketones is 1. The van der Waals surface area contributed by atoms with Crippen LogP contribution in [0.5, 0.6) is 0 Å². The second-order valence-electron chi connectivity index (χ2n) is 5.37. The van der Waals surface area contributed by atoms with Gasteiger partial charge in [-0.3, -0.25) is 14.4 Å². The molecule has 0 unspecified atom stereocenters. The third kappa shape index (κ3) is 3.48. The zero-order valence-corrected chi connectivity index (χ0v) is 13.6. The van der Waals surface area contributed by atoms with E-state index in [1.165, 1.54) is 0 Å². The first-order valence-corrected chi connectivity index (χ1v) is 7.83. The first kappa shape index (κ1) is 17.7. The molecule has 6 heteroatoms. The quantitative estimate of drug-likeness (QED) is 0.656. The summed E-state index contributed by atoms with van der Waals surface area (Å²) in [6, 6.07) is 8.66. The molecule has 1 aromatic rings. The van der Waals surface area contributed by atoms with Crippen LogP contribution in [0.1, 0.15) is 25.3 Å². The summed E-state index contributed by atoms with van der Waals surface area (Å²) in [5.74, 6) is -5.57. The van der Waals surface area contributed by atoms with Crippen molar-refractivity contribution in [2.24, 2.45) is 11.8 Å². The molecular weight excluding hydrogens is 312 g/mol. The fourth-order valence-electron chi connectivity index (χ4n) is 2.93. The molecule has 1 aliphatic carbocycles. The highest BCUT2D eigenvalue weighted by Gasteiger charge is 2.49. The van der Waals surface area contributed by atoms with Crippen molar-refractivity contribution in [2.45, 2.75) is 19.8 Å². The summed E-state index contributed by atoms with van der Waals surface area (Å²) in [5, 5.41) is 10.2. The number of aliphatic hydroxyl groups excluding tert-OH is 1. The molecule has 6 nitrogen and oxygen atoms in total. The molecule has 0 fully saturated rings. The maximum Gasteiger partial charge on any atom is 0.317 e. The molecule has 0 saturated carbocycles. The summed E-state index contributed by atoms with van der Waals surface area (Å²) < 4.78 is 10.0. The van der Waals surface area contributed by atoms with Gasteiger partial charge in [-0.05, 0) is 19.4 Å². The predicted molar refractivity (Wildman–Crippen MR) is 85.1 cm³/mol. The van der Waals surface area contributed by atoms with E-state index in [1.54, 1.807) is 44.2 Å². The Kier molecular flexibility index (Phi) is 5.73. The van der Waals surface area contributed by atoms with Crippen molar-refractivity contribution in [1.82, 2.24) is 0 Å². The van der Waals surface area contributed by atoms with Crippen LogP contribution in [0.4, 0.5) is 0 Å². The zero-order chi connectivity index (χ0) is 17.7. The third-order valence-electron chi connectivity index (χ3n) is 3.90. The van der Waals surface area contributed by atoms with Crippen molar-refractivity contribution in [2.75, 3.05) is 13.2 Å². The van der Waals surface area contributed by atoms with Crippen LogP contribution in [-0.4, -0.2) is 36.0 Å². The van der Waals surface area contributed by atoms with Crippen molar-refractivity contribution in [3.8, 4) is 0 Å². The topological polar surface area (TPSA) is 89.9 Å². The van der Waals surface area contributed by atoms with Crippen LogP contribution in [0.2, 0.25) is 0 Å². The van der Waals surface area contributed by atoms with E-state index >= 15 is 0 Å². The summed E-state index contributed by atoms with van der Waals surface area (Å²) in [4.78, 5) is 37.0. The number of aliphatic hydroxyl groups is 1. The van der Waals surface area contributed by atoms with Crippen molar-refractivity contribution in [3.63, 3.8) is 0 Å². The summed E-state index contributed by atoms with van der Waals surface area (Å²) in [6.07, 6.45) is 0.919. The lowest BCUT2D eigenvalue weighted by Gasteiger charge is -2.33. The highest BCUT2D eigenvalue weighted by Crippen LogP contribution is 2.41. The van der Waals surface area contributed by atoms with Gasteiger partial charge in [-0.25, -0.2) is 0 Å². The van der Waals surface area contributed by atoms with Gasteiger partial charge in [0.15, 0.2) is 5.78 Å². The minimum absolute atomic E-state index is 0.115. The number of allylic oxidation sites excluding steroid dienone is 1. The van der Waals surface area contributed by atoms with Crippen molar-refractivity contribution >= 4 is 17.7 Å². The number of ether oxygens (including phenoxy) is 2. The molecular formula is C18H20O6. The Hall–Kier alpha value is -2.63. The lowest BCUT2D eigenvalue weighted by atomic mass is 9.70. The van der Waals surface area contributed by atoms with Gasteiger partial charge < -0.3 is 14.6 Å². The minimum Gasteiger partial charge on any atom is -0.511 e. The Morgan fingerprint density at radius 2 is 1.54 bits per heavy atom. The average Bonchev–Trinajstić information content (AvgIpc) is 2.55. The molecule has 3 atom stereocenters. The lowest BCUT2D eigenvalue weighted by Crippen LogP contribution is -2.42. The Bertz CT molecular complexity index is 649. The number of benzene rings is 1. The molecule has 0 aromatic heterocycles. The van der Waals surface area contributed by atoms with E-state index in [2.05, 4.69) is 0 Å². The molecule has 24 heavy (non-hydrogen) atoms. The molecule has 1 aliphatic rings. The van der Waals surface area contributed by atoms with Gasteiger partial charge in [-0.15, -0.1) is 0 Å². The van der Waals surface area contributed by atoms with Crippen molar-refractivity contribution in [3.05, 3.63) is 47.7 Å². The highest BCUT2D eigenvalue weighted by atomic mass is 16.5. The Balaban J connectivity index is 2.54. The number of rotatable bonds is 5. The van der Waals surface area contributed by atoms with Crippen LogP contribution >= 0.6 is 0 Å². The molecule has 2 rings (SSSR count). The summed E-state index contributed by atoms with van der Waals surface area (Å²) >= 11 is 0. The van der Waals surface area contributed by atoms with Crippen LogP contribution in [-0.2, 0) is 23.9 Å². The van der Waals surface area contributed by atoms with Gasteiger partial charge >= 0.3 is 11.9 Å². The van der Waals surface area contributed by atoms with Gasteiger partial charge in [0.2, 0.25) is 0 Å². The molecule has 128 valence electrons. The molecule has 0 amide bonds. The van der Waals surface area contributed by atoms with Crippen LogP contribution in [0, 0.1) is 11.8 Å². The monoisotopic (exact) mass is 332 g/mol. The Morgan fingerprint density at radius 1 is 1.00 bits per heavy atom. The number of carbonyl (C=O) groups is 3. The molecule has 0 aliphatic heterocycles. The van der Waals surface area contributed by atoms with Gasteiger partial charge in [0.05, 0.1) is 13.2 Å². The van der Waals surface area contributed by atoms with E-state index < -0.39 is 41.2 Å². The van der Waals surface area contributed by atoms with Gasteiger partial charge in [0.25, 0.3) is 0 Å². The molecule has 1 N–H and O–H groups in total. The standard InChI is InChI=1S/C18H20O6/c1-3-23-17(21)15-12(19)10-13(20)16(18(22)24-4-2)14(15)11-8-6-5-7-9-11/h5-10,14-16,19H,3-4H2,1-2H3/t14-,15+,16-/m0/s1. The van der Waals surface area contributed by atoms with Crippen LogP contribution in [0.3, 0.4) is 0 Å². The SMILES string of the molecule is CCOC(=O)[C@H]1C(=O)C=C(O)[C@@H](C(=O)OCC)[C@@H]1c1ccccc1. The third-order valence-corrected chi connectivity index (χ3v) is 3.90. The van der Waals surface area contributed by atoms with Crippen LogP contribution in [0.25, 0.3) is 0 Å². The van der Waals surface area contributed by atoms with E-state index in [1.807, 2.05) is 0 Å². The summed E-state index contributed by atoms with van der Waals surface area (Å²) in [6.45, 7) is 3.53. The van der Waals surface area contributed by atoms with Gasteiger partial charge in [-0.2, -0.15) is 0 Å². The van der Waals surface area contributed by atoms with E-state index in [0.29, 0.717) is 5.56 Å². The summed E-state index contributed by atoms with van der Waals surface area (Å²) in [7, 11) is 0. The maximum absolute atomic E-state index is 12.3. The smallest absolute Gasteiger partial charge is 0.317 e. The molecule has 0 bridgehead atoms. The lowest BCUT2D eigenvalue weighted by molar-refractivity contribution is -0.156. The van der Waals surface area contributed by atoms with E-state index in [9.17, 15) is 19.5 Å². The van der Waals surface area contributed by atoms with Crippen molar-refractivity contribution < 1.29 is 29.0 Å². The fraction of sp³-hybridized carbons (Fsp3) is 0.389. The Labute approximate surface area is 140 Å². The van der Waals surface area contributed by atoms with E-state index in [0.717, 1.165) is 6.08 Å². The summed E-state index contributed by atoms with van der Waals surface area (Å²) in [5.41, 5.74) is 0.585. The first-order valence-electron chi connectivity index (χ1n) is 7.83. The number of carbonyl (C=O) groups excluding carboxylic acids is 3. The number of hydrogen-bond acceptors (Lipinski definition) is 6. The largest absolute Gasteiger partial charge is 0.511 e. The van der Waals surface area contributed by atoms with E-state index in [-0.39, 0.29) is 13.2 Å². The second kappa shape index (κ2) is 7.77. The van der Waals surface area contributed by atoms with E-state index in [4.69, 9.17) is 9.47 Å². The average molecular weight is 332 g/mol. The minimum atomic E-state index is -1.20. The normalized spacial score (nSPS) is 23.3. The number of esters is 2. The predicted octanol–water partition coefficient (Wildman–Crippen LogP) is 2.15. The Morgan fingerprint density at radius 3 is 2.08 bits per heavy atom.